The van der Waals surface area contributed by atoms with Crippen LogP contribution in [0.15, 0.2) is 42.7 Å². The lowest BCUT2D eigenvalue weighted by atomic mass is 9.90. The Morgan fingerprint density at radius 2 is 1.81 bits per heavy atom. The van der Waals surface area contributed by atoms with Crippen LogP contribution in [-0.2, 0) is 12.3 Å². The molecule has 3 nitrogen and oxygen atoms in total. The summed E-state index contributed by atoms with van der Waals surface area (Å²) in [6, 6.07) is 10.8. The number of hydrogen-bond donors (Lipinski definition) is 0. The molecule has 1 aromatic carbocycles. The minimum atomic E-state index is 0.423. The fourth-order valence-corrected chi connectivity index (χ4v) is 3.03. The van der Waals surface area contributed by atoms with E-state index in [9.17, 15) is 0 Å². The van der Waals surface area contributed by atoms with E-state index < -0.39 is 0 Å². The summed E-state index contributed by atoms with van der Waals surface area (Å²) in [7, 11) is 0. The summed E-state index contributed by atoms with van der Waals surface area (Å²) in [6.45, 7) is 2.12. The van der Waals surface area contributed by atoms with Gasteiger partial charge in [0.15, 0.2) is 0 Å². The smallest absolute Gasteiger partial charge is 0.147 e. The Bertz CT molecular complexity index is 548. The van der Waals surface area contributed by atoms with Crippen molar-refractivity contribution < 1.29 is 0 Å². The Hall–Kier alpha value is -1.61. The summed E-state index contributed by atoms with van der Waals surface area (Å²) < 4.78 is 0. The zero-order valence-electron chi connectivity index (χ0n) is 12.1. The van der Waals surface area contributed by atoms with Crippen molar-refractivity contribution in [2.45, 2.75) is 25.1 Å². The van der Waals surface area contributed by atoms with E-state index >= 15 is 0 Å². The van der Waals surface area contributed by atoms with Crippen LogP contribution < -0.4 is 4.90 Å². The van der Waals surface area contributed by atoms with Crippen LogP contribution in [0.25, 0.3) is 0 Å². The van der Waals surface area contributed by atoms with Crippen LogP contribution in [0.2, 0.25) is 0 Å². The van der Waals surface area contributed by atoms with Gasteiger partial charge in [-0.2, -0.15) is 0 Å². The summed E-state index contributed by atoms with van der Waals surface area (Å²) >= 11 is 5.75. The zero-order valence-corrected chi connectivity index (χ0v) is 12.8. The Labute approximate surface area is 131 Å². The molecular weight excluding hydrogens is 282 g/mol. The van der Waals surface area contributed by atoms with Crippen molar-refractivity contribution in [3.63, 3.8) is 0 Å². The SMILES string of the molecule is ClCc1cnc(N2CCC(Cc3ccccc3)CC2)cn1. The highest BCUT2D eigenvalue weighted by Gasteiger charge is 2.20. The van der Waals surface area contributed by atoms with Crippen LogP contribution in [0, 0.1) is 5.92 Å². The van der Waals surface area contributed by atoms with Crippen molar-refractivity contribution in [1.82, 2.24) is 9.97 Å². The molecule has 0 unspecified atom stereocenters. The summed E-state index contributed by atoms with van der Waals surface area (Å²) in [5.74, 6) is 2.17. The molecule has 4 heteroatoms. The van der Waals surface area contributed by atoms with E-state index in [-0.39, 0.29) is 0 Å². The minimum Gasteiger partial charge on any atom is -0.355 e. The molecule has 0 saturated carbocycles. The van der Waals surface area contributed by atoms with Gasteiger partial charge in [-0.1, -0.05) is 30.3 Å². The molecule has 0 N–H and O–H groups in total. The molecule has 0 bridgehead atoms. The lowest BCUT2D eigenvalue weighted by molar-refractivity contribution is 0.402. The number of aromatic nitrogens is 2. The normalized spacial score (nSPS) is 16.1. The summed E-state index contributed by atoms with van der Waals surface area (Å²) in [5, 5.41) is 0. The standard InChI is InChI=1S/C17H20ClN3/c18-11-16-12-20-17(13-19-16)21-8-6-15(7-9-21)10-14-4-2-1-3-5-14/h1-5,12-13,15H,6-11H2. The average molecular weight is 302 g/mol. The van der Waals surface area contributed by atoms with Gasteiger partial charge in [0.2, 0.25) is 0 Å². The number of nitrogens with zero attached hydrogens (tertiary/aromatic N) is 3. The van der Waals surface area contributed by atoms with Gasteiger partial charge in [0.05, 0.1) is 24.0 Å². The molecule has 0 aliphatic carbocycles. The molecule has 1 fully saturated rings. The van der Waals surface area contributed by atoms with Crippen LogP contribution in [0.4, 0.5) is 5.82 Å². The fourth-order valence-electron chi connectivity index (χ4n) is 2.89. The van der Waals surface area contributed by atoms with Gasteiger partial charge in [-0.3, -0.25) is 4.98 Å². The molecule has 1 aliphatic rings. The minimum absolute atomic E-state index is 0.423. The van der Waals surface area contributed by atoms with Gasteiger partial charge in [-0.15, -0.1) is 11.6 Å². The van der Waals surface area contributed by atoms with E-state index in [4.69, 9.17) is 11.6 Å². The molecule has 0 radical (unpaired) electrons. The highest BCUT2D eigenvalue weighted by atomic mass is 35.5. The summed E-state index contributed by atoms with van der Waals surface area (Å²) in [5.41, 5.74) is 2.28. The third-order valence-corrected chi connectivity index (χ3v) is 4.41. The van der Waals surface area contributed by atoms with E-state index in [2.05, 4.69) is 45.2 Å². The van der Waals surface area contributed by atoms with Crippen LogP contribution in [0.1, 0.15) is 24.1 Å². The van der Waals surface area contributed by atoms with Gasteiger partial charge >= 0.3 is 0 Å². The Morgan fingerprint density at radius 1 is 1.05 bits per heavy atom. The quantitative estimate of drug-likeness (QED) is 0.807. The lowest BCUT2D eigenvalue weighted by Gasteiger charge is -2.32. The first-order chi connectivity index (χ1) is 10.3. The number of benzene rings is 1. The molecular formula is C17H20ClN3. The number of rotatable bonds is 4. The maximum absolute atomic E-state index is 5.75. The average Bonchev–Trinajstić information content (AvgIpc) is 2.57. The van der Waals surface area contributed by atoms with Crippen molar-refractivity contribution in [2.24, 2.45) is 5.92 Å². The second-order valence-electron chi connectivity index (χ2n) is 5.62. The maximum atomic E-state index is 5.75. The Morgan fingerprint density at radius 3 is 2.43 bits per heavy atom. The van der Waals surface area contributed by atoms with Gasteiger partial charge in [0.1, 0.15) is 5.82 Å². The van der Waals surface area contributed by atoms with Gasteiger partial charge in [-0.25, -0.2) is 4.98 Å². The first-order valence-electron chi connectivity index (χ1n) is 7.51. The highest BCUT2D eigenvalue weighted by molar-refractivity contribution is 6.16. The van der Waals surface area contributed by atoms with Crippen LogP contribution in [0.3, 0.4) is 0 Å². The molecule has 1 saturated heterocycles. The molecule has 3 rings (SSSR count). The summed E-state index contributed by atoms with van der Waals surface area (Å²) in [4.78, 5) is 11.1. The number of piperidine rings is 1. The lowest BCUT2D eigenvalue weighted by Crippen LogP contribution is -2.34. The van der Waals surface area contributed by atoms with Crippen LogP contribution in [-0.4, -0.2) is 23.1 Å². The third-order valence-electron chi connectivity index (χ3n) is 4.13. The molecule has 1 aromatic heterocycles. The molecule has 0 spiro atoms. The van der Waals surface area contributed by atoms with Gasteiger partial charge in [0, 0.05) is 13.1 Å². The largest absolute Gasteiger partial charge is 0.355 e. The molecule has 2 aromatic rings. The topological polar surface area (TPSA) is 29.0 Å². The van der Waals surface area contributed by atoms with Gasteiger partial charge < -0.3 is 4.90 Å². The highest BCUT2D eigenvalue weighted by Crippen LogP contribution is 2.24. The van der Waals surface area contributed by atoms with E-state index in [1.807, 2.05) is 6.20 Å². The first kappa shape index (κ1) is 14.3. The molecule has 1 aliphatic heterocycles. The van der Waals surface area contributed by atoms with E-state index in [1.165, 1.54) is 24.8 Å². The van der Waals surface area contributed by atoms with E-state index in [0.717, 1.165) is 30.5 Å². The predicted octanol–water partition coefficient (Wildman–Crippen LogP) is 3.67. The number of anilines is 1. The second kappa shape index (κ2) is 6.90. The monoisotopic (exact) mass is 301 g/mol. The van der Waals surface area contributed by atoms with Gasteiger partial charge in [-0.05, 0) is 30.7 Å². The first-order valence-corrected chi connectivity index (χ1v) is 8.04. The second-order valence-corrected chi connectivity index (χ2v) is 5.89. The maximum Gasteiger partial charge on any atom is 0.147 e. The van der Waals surface area contributed by atoms with Crippen molar-refractivity contribution in [2.75, 3.05) is 18.0 Å². The summed E-state index contributed by atoms with van der Waals surface area (Å²) in [6.07, 6.45) is 7.24. The van der Waals surface area contributed by atoms with Crippen molar-refractivity contribution in [1.29, 1.82) is 0 Å². The number of halogens is 1. The van der Waals surface area contributed by atoms with E-state index in [1.54, 1.807) is 6.20 Å². The predicted molar refractivity (Wildman–Crippen MR) is 86.7 cm³/mol. The van der Waals surface area contributed by atoms with Crippen molar-refractivity contribution in [3.8, 4) is 0 Å². The Balaban J connectivity index is 1.54. The van der Waals surface area contributed by atoms with Crippen molar-refractivity contribution >= 4 is 17.4 Å². The Kier molecular flexibility index (Phi) is 4.71. The molecule has 0 atom stereocenters. The van der Waals surface area contributed by atoms with Crippen LogP contribution >= 0.6 is 11.6 Å². The van der Waals surface area contributed by atoms with Crippen molar-refractivity contribution in [3.05, 3.63) is 54.0 Å². The molecule has 21 heavy (non-hydrogen) atoms. The molecule has 0 amide bonds. The number of alkyl halides is 1. The zero-order chi connectivity index (χ0) is 14.5. The fraction of sp³-hybridized carbons (Fsp3) is 0.412. The van der Waals surface area contributed by atoms with Gasteiger partial charge in [0.25, 0.3) is 0 Å². The molecule has 110 valence electrons. The third kappa shape index (κ3) is 3.73. The molecule has 2 heterocycles. The van der Waals surface area contributed by atoms with Crippen LogP contribution in [0.5, 0.6) is 0 Å². The number of hydrogen-bond acceptors (Lipinski definition) is 3. The van der Waals surface area contributed by atoms with E-state index in [0.29, 0.717) is 5.88 Å².